The smallest absolute Gasteiger partial charge is 0.315 e. The van der Waals surface area contributed by atoms with Crippen LogP contribution in [0.5, 0.6) is 0 Å². The Morgan fingerprint density at radius 2 is 2.05 bits per heavy atom. The molecule has 1 fully saturated rings. The molecule has 3 amide bonds. The van der Waals surface area contributed by atoms with Crippen LogP contribution in [-0.4, -0.2) is 31.1 Å². The lowest BCUT2D eigenvalue weighted by Crippen LogP contribution is -2.46. The van der Waals surface area contributed by atoms with E-state index in [-0.39, 0.29) is 11.9 Å². The highest BCUT2D eigenvalue weighted by molar-refractivity contribution is 6.01. The third kappa shape index (κ3) is 3.50. The van der Waals surface area contributed by atoms with E-state index >= 15 is 0 Å². The minimum atomic E-state index is -0.428. The summed E-state index contributed by atoms with van der Waals surface area (Å²) in [4.78, 5) is 25.7. The standard InChI is InChI=1S/C15H21N3O2/c1-11(2)10-16-15(20)17-13-8-9-18(14(13)19)12-6-4-3-5-7-12/h3-7,11,13H,8-10H2,1-2H3,(H2,16,17,20)/t13-/m0/s1. The van der Waals surface area contributed by atoms with Crippen molar-refractivity contribution in [2.45, 2.75) is 26.3 Å². The van der Waals surface area contributed by atoms with Gasteiger partial charge in [-0.1, -0.05) is 32.0 Å². The lowest BCUT2D eigenvalue weighted by molar-refractivity contribution is -0.118. The average Bonchev–Trinajstić information content (AvgIpc) is 2.79. The molecule has 0 aliphatic carbocycles. The van der Waals surface area contributed by atoms with Gasteiger partial charge in [-0.25, -0.2) is 4.79 Å². The minimum Gasteiger partial charge on any atom is -0.338 e. The molecular formula is C15H21N3O2. The number of hydrogen-bond acceptors (Lipinski definition) is 2. The molecule has 1 aliphatic heterocycles. The zero-order valence-electron chi connectivity index (χ0n) is 11.9. The third-order valence-corrected chi connectivity index (χ3v) is 3.25. The van der Waals surface area contributed by atoms with Gasteiger partial charge in [0, 0.05) is 18.8 Å². The highest BCUT2D eigenvalue weighted by Gasteiger charge is 2.33. The SMILES string of the molecule is CC(C)CNC(=O)N[C@H]1CCN(c2ccccc2)C1=O. The van der Waals surface area contributed by atoms with E-state index in [0.29, 0.717) is 25.4 Å². The van der Waals surface area contributed by atoms with E-state index in [9.17, 15) is 9.59 Å². The second kappa shape index (κ2) is 6.41. The van der Waals surface area contributed by atoms with Gasteiger partial charge in [0.2, 0.25) is 5.91 Å². The van der Waals surface area contributed by atoms with E-state index in [1.807, 2.05) is 44.2 Å². The Hall–Kier alpha value is -2.04. The van der Waals surface area contributed by atoms with Gasteiger partial charge >= 0.3 is 6.03 Å². The number of carbonyl (C=O) groups is 2. The number of anilines is 1. The summed E-state index contributed by atoms with van der Waals surface area (Å²) in [7, 11) is 0. The maximum absolute atomic E-state index is 12.3. The molecule has 5 nitrogen and oxygen atoms in total. The molecule has 1 aromatic rings. The van der Waals surface area contributed by atoms with Crippen LogP contribution in [0.3, 0.4) is 0 Å². The molecule has 0 bridgehead atoms. The summed E-state index contributed by atoms with van der Waals surface area (Å²) in [6, 6.07) is 8.82. The first-order valence-electron chi connectivity index (χ1n) is 6.98. The van der Waals surface area contributed by atoms with Crippen LogP contribution in [0.15, 0.2) is 30.3 Å². The Balaban J connectivity index is 1.90. The molecule has 1 atom stereocenters. The van der Waals surface area contributed by atoms with Crippen molar-refractivity contribution in [3.8, 4) is 0 Å². The Kier molecular flexibility index (Phi) is 4.61. The van der Waals surface area contributed by atoms with Crippen molar-refractivity contribution in [1.82, 2.24) is 10.6 Å². The van der Waals surface area contributed by atoms with Gasteiger partial charge in [0.1, 0.15) is 6.04 Å². The molecule has 1 saturated heterocycles. The lowest BCUT2D eigenvalue weighted by atomic mass is 10.2. The van der Waals surface area contributed by atoms with Gasteiger partial charge in [-0.15, -0.1) is 0 Å². The summed E-state index contributed by atoms with van der Waals surface area (Å²) in [5.74, 6) is 0.344. The zero-order valence-corrected chi connectivity index (χ0v) is 11.9. The number of para-hydroxylation sites is 1. The van der Waals surface area contributed by atoms with E-state index in [2.05, 4.69) is 10.6 Å². The summed E-state index contributed by atoms with van der Waals surface area (Å²) >= 11 is 0. The molecule has 0 unspecified atom stereocenters. The van der Waals surface area contributed by atoms with Gasteiger partial charge in [-0.05, 0) is 24.5 Å². The van der Waals surface area contributed by atoms with Crippen molar-refractivity contribution < 1.29 is 9.59 Å². The number of benzene rings is 1. The van der Waals surface area contributed by atoms with Crippen LogP contribution in [0.25, 0.3) is 0 Å². The van der Waals surface area contributed by atoms with Crippen LogP contribution in [0, 0.1) is 5.92 Å². The second-order valence-corrected chi connectivity index (χ2v) is 5.41. The first kappa shape index (κ1) is 14.4. The second-order valence-electron chi connectivity index (χ2n) is 5.41. The molecule has 2 rings (SSSR count). The van der Waals surface area contributed by atoms with E-state index in [1.54, 1.807) is 4.90 Å². The fourth-order valence-corrected chi connectivity index (χ4v) is 2.18. The van der Waals surface area contributed by atoms with Crippen molar-refractivity contribution >= 4 is 17.6 Å². The van der Waals surface area contributed by atoms with Crippen LogP contribution in [0.2, 0.25) is 0 Å². The fraction of sp³-hybridized carbons (Fsp3) is 0.467. The Labute approximate surface area is 119 Å². The zero-order chi connectivity index (χ0) is 14.5. The number of nitrogens with one attached hydrogen (secondary N) is 2. The molecule has 108 valence electrons. The quantitative estimate of drug-likeness (QED) is 0.879. The Bertz CT molecular complexity index is 473. The van der Waals surface area contributed by atoms with Crippen molar-refractivity contribution in [2.24, 2.45) is 5.92 Å². The number of hydrogen-bond donors (Lipinski definition) is 2. The summed E-state index contributed by atoms with van der Waals surface area (Å²) < 4.78 is 0. The average molecular weight is 275 g/mol. The van der Waals surface area contributed by atoms with Gasteiger partial charge in [-0.2, -0.15) is 0 Å². The van der Waals surface area contributed by atoms with Crippen molar-refractivity contribution in [2.75, 3.05) is 18.0 Å². The Morgan fingerprint density at radius 1 is 1.35 bits per heavy atom. The topological polar surface area (TPSA) is 61.4 Å². The van der Waals surface area contributed by atoms with Crippen LogP contribution in [0.1, 0.15) is 20.3 Å². The maximum Gasteiger partial charge on any atom is 0.315 e. The van der Waals surface area contributed by atoms with Gasteiger partial charge < -0.3 is 15.5 Å². The first-order valence-corrected chi connectivity index (χ1v) is 6.98. The molecule has 1 heterocycles. The number of nitrogens with zero attached hydrogens (tertiary/aromatic N) is 1. The molecule has 1 aliphatic rings. The Morgan fingerprint density at radius 3 is 2.70 bits per heavy atom. The number of rotatable bonds is 4. The van der Waals surface area contributed by atoms with Crippen molar-refractivity contribution in [1.29, 1.82) is 0 Å². The monoisotopic (exact) mass is 275 g/mol. The van der Waals surface area contributed by atoms with E-state index in [0.717, 1.165) is 5.69 Å². The number of urea groups is 1. The fourth-order valence-electron chi connectivity index (χ4n) is 2.18. The van der Waals surface area contributed by atoms with E-state index in [4.69, 9.17) is 0 Å². The molecule has 1 aromatic carbocycles. The highest BCUT2D eigenvalue weighted by Crippen LogP contribution is 2.20. The summed E-state index contributed by atoms with van der Waals surface area (Å²) in [6.45, 7) is 5.30. The van der Waals surface area contributed by atoms with Crippen LogP contribution in [0.4, 0.5) is 10.5 Å². The van der Waals surface area contributed by atoms with Crippen molar-refractivity contribution in [3.63, 3.8) is 0 Å². The summed E-state index contributed by atoms with van der Waals surface area (Å²) in [5.41, 5.74) is 0.879. The molecule has 20 heavy (non-hydrogen) atoms. The van der Waals surface area contributed by atoms with Crippen LogP contribution < -0.4 is 15.5 Å². The maximum atomic E-state index is 12.3. The summed E-state index contributed by atoms with van der Waals surface area (Å²) in [6.07, 6.45) is 0.642. The largest absolute Gasteiger partial charge is 0.338 e. The van der Waals surface area contributed by atoms with Gasteiger partial charge in [-0.3, -0.25) is 4.79 Å². The number of carbonyl (C=O) groups excluding carboxylic acids is 2. The number of amides is 3. The first-order chi connectivity index (χ1) is 9.58. The van der Waals surface area contributed by atoms with Crippen LogP contribution in [-0.2, 0) is 4.79 Å². The van der Waals surface area contributed by atoms with E-state index < -0.39 is 6.04 Å². The minimum absolute atomic E-state index is 0.0455. The molecular weight excluding hydrogens is 254 g/mol. The summed E-state index contributed by atoms with van der Waals surface area (Å²) in [5, 5.41) is 5.51. The predicted molar refractivity (Wildman–Crippen MR) is 78.6 cm³/mol. The van der Waals surface area contributed by atoms with Gasteiger partial charge in [0.05, 0.1) is 0 Å². The van der Waals surface area contributed by atoms with Gasteiger partial charge in [0.15, 0.2) is 0 Å². The molecule has 5 heteroatoms. The predicted octanol–water partition coefficient (Wildman–Crippen LogP) is 1.75. The molecule has 2 N–H and O–H groups in total. The molecule has 0 aromatic heterocycles. The van der Waals surface area contributed by atoms with Crippen molar-refractivity contribution in [3.05, 3.63) is 30.3 Å². The lowest BCUT2D eigenvalue weighted by Gasteiger charge is -2.17. The highest BCUT2D eigenvalue weighted by atomic mass is 16.2. The molecule has 0 saturated carbocycles. The van der Waals surface area contributed by atoms with E-state index in [1.165, 1.54) is 0 Å². The van der Waals surface area contributed by atoms with Crippen LogP contribution >= 0.6 is 0 Å². The molecule has 0 spiro atoms. The third-order valence-electron chi connectivity index (χ3n) is 3.25. The molecule has 0 radical (unpaired) electrons. The van der Waals surface area contributed by atoms with Gasteiger partial charge in [0.25, 0.3) is 0 Å². The normalized spacial score (nSPS) is 18.4.